The fourth-order valence-electron chi connectivity index (χ4n) is 2.67. The number of rotatable bonds is 8. The van der Waals surface area contributed by atoms with E-state index >= 15 is 0 Å². The molecule has 140 valence electrons. The van der Waals surface area contributed by atoms with Gasteiger partial charge in [0.1, 0.15) is 17.2 Å². The number of benzene rings is 2. The Labute approximate surface area is 155 Å². The van der Waals surface area contributed by atoms with E-state index in [1.165, 1.54) is 5.56 Å². The molecule has 0 spiro atoms. The predicted octanol–water partition coefficient (Wildman–Crippen LogP) is 4.33. The number of carbonyl (C=O) groups excluding carboxylic acids is 1. The van der Waals surface area contributed by atoms with Crippen LogP contribution in [0.25, 0.3) is 0 Å². The van der Waals surface area contributed by atoms with Gasteiger partial charge >= 0.3 is 6.09 Å². The fourth-order valence-corrected chi connectivity index (χ4v) is 2.67. The van der Waals surface area contributed by atoms with Crippen molar-refractivity contribution in [1.82, 2.24) is 4.90 Å². The molecule has 2 aromatic carbocycles. The molecule has 0 aliphatic carbocycles. The van der Waals surface area contributed by atoms with Crippen LogP contribution in [0, 0.1) is 0 Å². The van der Waals surface area contributed by atoms with Gasteiger partial charge in [0.15, 0.2) is 0 Å². The van der Waals surface area contributed by atoms with Crippen LogP contribution in [0.15, 0.2) is 42.5 Å². The third-order valence-corrected chi connectivity index (χ3v) is 4.26. The van der Waals surface area contributed by atoms with E-state index in [-0.39, 0.29) is 6.09 Å². The summed E-state index contributed by atoms with van der Waals surface area (Å²) in [7, 11) is 3.30. The lowest BCUT2D eigenvalue weighted by Crippen LogP contribution is -2.33. The van der Waals surface area contributed by atoms with Crippen molar-refractivity contribution in [2.45, 2.75) is 26.7 Å². The maximum absolute atomic E-state index is 12.0. The summed E-state index contributed by atoms with van der Waals surface area (Å²) in [6.45, 7) is 5.14. The van der Waals surface area contributed by atoms with Gasteiger partial charge in [-0.1, -0.05) is 12.1 Å². The Balaban J connectivity index is 1.96. The van der Waals surface area contributed by atoms with Gasteiger partial charge < -0.3 is 19.1 Å². The number of hydrogen-bond acceptors (Lipinski definition) is 4. The van der Waals surface area contributed by atoms with Gasteiger partial charge in [-0.05, 0) is 62.1 Å². The Bertz CT molecular complexity index is 686. The number of hydrogen-bond donors (Lipinski definition) is 0. The first-order chi connectivity index (χ1) is 12.6. The zero-order valence-electron chi connectivity index (χ0n) is 16.0. The minimum atomic E-state index is -0.314. The molecule has 0 aliphatic rings. The second-order valence-electron chi connectivity index (χ2n) is 5.91. The summed E-state index contributed by atoms with van der Waals surface area (Å²) in [5, 5.41) is 0. The highest BCUT2D eigenvalue weighted by Gasteiger charge is 2.11. The number of methoxy groups -OCH3 is 2. The number of carbonyl (C=O) groups is 1. The molecule has 0 saturated heterocycles. The molecule has 2 rings (SSSR count). The highest BCUT2D eigenvalue weighted by Crippen LogP contribution is 2.24. The molecular weight excluding hydrogens is 330 g/mol. The molecule has 5 heteroatoms. The predicted molar refractivity (Wildman–Crippen MR) is 102 cm³/mol. The van der Waals surface area contributed by atoms with Gasteiger partial charge in [-0.3, -0.25) is 0 Å². The molecule has 5 nitrogen and oxygen atoms in total. The molecule has 0 fully saturated rings. The molecule has 0 heterocycles. The maximum Gasteiger partial charge on any atom is 0.415 e. The van der Waals surface area contributed by atoms with Gasteiger partial charge in [0.2, 0.25) is 0 Å². The number of amides is 1. The van der Waals surface area contributed by atoms with Crippen molar-refractivity contribution in [2.75, 3.05) is 27.3 Å². The monoisotopic (exact) mass is 357 g/mol. The van der Waals surface area contributed by atoms with E-state index in [0.717, 1.165) is 29.9 Å². The molecule has 0 atom stereocenters. The summed E-state index contributed by atoms with van der Waals surface area (Å²) in [6.07, 6.45) is 1.43. The van der Waals surface area contributed by atoms with E-state index in [1.807, 2.05) is 56.3 Å². The van der Waals surface area contributed by atoms with Gasteiger partial charge in [0, 0.05) is 19.2 Å². The van der Waals surface area contributed by atoms with Crippen molar-refractivity contribution < 1.29 is 19.0 Å². The quantitative estimate of drug-likeness (QED) is 0.705. The molecular formula is C21H27NO4. The van der Waals surface area contributed by atoms with Gasteiger partial charge in [-0.15, -0.1) is 0 Å². The molecule has 26 heavy (non-hydrogen) atoms. The van der Waals surface area contributed by atoms with Crippen molar-refractivity contribution in [1.29, 1.82) is 0 Å². The highest BCUT2D eigenvalue weighted by molar-refractivity contribution is 5.70. The molecule has 2 aromatic rings. The van der Waals surface area contributed by atoms with E-state index in [1.54, 1.807) is 19.1 Å². The second kappa shape index (κ2) is 9.70. The van der Waals surface area contributed by atoms with Gasteiger partial charge in [-0.2, -0.15) is 0 Å². The zero-order valence-corrected chi connectivity index (χ0v) is 16.0. The van der Waals surface area contributed by atoms with Crippen LogP contribution in [0.5, 0.6) is 17.2 Å². The lowest BCUT2D eigenvalue weighted by molar-refractivity contribution is 0.157. The molecule has 0 aliphatic heterocycles. The molecule has 0 unspecified atom stereocenters. The van der Waals surface area contributed by atoms with E-state index < -0.39 is 0 Å². The summed E-state index contributed by atoms with van der Waals surface area (Å²) in [5.74, 6) is 2.14. The topological polar surface area (TPSA) is 48.0 Å². The lowest BCUT2D eigenvalue weighted by Gasteiger charge is -2.17. The van der Waals surface area contributed by atoms with Crippen LogP contribution in [0.1, 0.15) is 25.0 Å². The number of aryl methyl sites for hydroxylation is 2. The average molecular weight is 357 g/mol. The Morgan fingerprint density at radius 1 is 0.808 bits per heavy atom. The van der Waals surface area contributed by atoms with Gasteiger partial charge in [0.25, 0.3) is 0 Å². The minimum absolute atomic E-state index is 0.314. The third-order valence-electron chi connectivity index (χ3n) is 4.26. The smallest absolute Gasteiger partial charge is 0.415 e. The van der Waals surface area contributed by atoms with Crippen LogP contribution in [0.4, 0.5) is 4.79 Å². The normalized spacial score (nSPS) is 10.3. The summed E-state index contributed by atoms with van der Waals surface area (Å²) < 4.78 is 16.0. The van der Waals surface area contributed by atoms with E-state index in [0.29, 0.717) is 18.8 Å². The van der Waals surface area contributed by atoms with Crippen LogP contribution >= 0.6 is 0 Å². The summed E-state index contributed by atoms with van der Waals surface area (Å²) in [6, 6.07) is 13.5. The third kappa shape index (κ3) is 5.41. The molecule has 0 aromatic heterocycles. The largest absolute Gasteiger partial charge is 0.497 e. The van der Waals surface area contributed by atoms with Gasteiger partial charge in [-0.25, -0.2) is 4.79 Å². The fraction of sp³-hybridized carbons (Fsp3) is 0.381. The van der Waals surface area contributed by atoms with Crippen LogP contribution in [-0.2, 0) is 12.8 Å². The van der Waals surface area contributed by atoms with Gasteiger partial charge in [0.05, 0.1) is 14.2 Å². The van der Waals surface area contributed by atoms with Crippen molar-refractivity contribution in [3.8, 4) is 17.2 Å². The van der Waals surface area contributed by atoms with E-state index in [4.69, 9.17) is 14.2 Å². The van der Waals surface area contributed by atoms with Crippen molar-refractivity contribution >= 4 is 6.09 Å². The van der Waals surface area contributed by atoms with Crippen molar-refractivity contribution in [3.63, 3.8) is 0 Å². The Hall–Kier alpha value is -2.69. The molecule has 0 N–H and O–H groups in total. The first-order valence-corrected chi connectivity index (χ1v) is 8.87. The highest BCUT2D eigenvalue weighted by atomic mass is 16.6. The number of ether oxygens (including phenoxy) is 3. The Kier molecular flexibility index (Phi) is 7.33. The van der Waals surface area contributed by atoms with Crippen LogP contribution < -0.4 is 14.2 Å². The standard InChI is InChI=1S/C21H27NO4/c1-5-22(6-2)21(23)26-18-11-9-16(10-12-18)7-8-17-13-19(24-3)15-20(14-17)25-4/h9-15H,5-8H2,1-4H3. The van der Waals surface area contributed by atoms with Crippen molar-refractivity contribution in [3.05, 3.63) is 53.6 Å². The van der Waals surface area contributed by atoms with Crippen molar-refractivity contribution in [2.24, 2.45) is 0 Å². The van der Waals surface area contributed by atoms with Crippen LogP contribution in [-0.4, -0.2) is 38.3 Å². The van der Waals surface area contributed by atoms with E-state index in [2.05, 4.69) is 0 Å². The first kappa shape index (κ1) is 19.6. The summed E-state index contributed by atoms with van der Waals surface area (Å²) >= 11 is 0. The Morgan fingerprint density at radius 3 is 1.85 bits per heavy atom. The maximum atomic E-state index is 12.0. The molecule has 0 radical (unpaired) electrons. The average Bonchev–Trinajstić information content (AvgIpc) is 2.68. The van der Waals surface area contributed by atoms with Crippen LogP contribution in [0.3, 0.4) is 0 Å². The van der Waals surface area contributed by atoms with E-state index in [9.17, 15) is 4.79 Å². The lowest BCUT2D eigenvalue weighted by atomic mass is 10.0. The first-order valence-electron chi connectivity index (χ1n) is 8.87. The SMILES string of the molecule is CCN(CC)C(=O)Oc1ccc(CCc2cc(OC)cc(OC)c2)cc1. The second-order valence-corrected chi connectivity index (χ2v) is 5.91. The zero-order chi connectivity index (χ0) is 18.9. The molecule has 0 bridgehead atoms. The summed E-state index contributed by atoms with van der Waals surface area (Å²) in [5.41, 5.74) is 2.33. The summed E-state index contributed by atoms with van der Waals surface area (Å²) in [4.78, 5) is 13.6. The van der Waals surface area contributed by atoms with Crippen LogP contribution in [0.2, 0.25) is 0 Å². The molecule has 1 amide bonds. The number of nitrogens with zero attached hydrogens (tertiary/aromatic N) is 1. The molecule has 0 saturated carbocycles. The Morgan fingerprint density at radius 2 is 1.35 bits per heavy atom. The minimum Gasteiger partial charge on any atom is -0.497 e.